The minimum absolute atomic E-state index is 0.124. The number of methoxy groups -OCH3 is 1. The molecule has 2 atom stereocenters. The molecule has 1 heterocycles. The average molecular weight is 237 g/mol. The first kappa shape index (κ1) is 14.1. The van der Waals surface area contributed by atoms with E-state index in [-0.39, 0.29) is 11.6 Å². The molecule has 2 unspecified atom stereocenters. The second kappa shape index (κ2) is 6.67. The van der Waals surface area contributed by atoms with E-state index in [1.54, 1.807) is 13.4 Å². The highest BCUT2D eigenvalue weighted by Crippen LogP contribution is 2.30. The van der Waals surface area contributed by atoms with E-state index in [2.05, 4.69) is 36.1 Å². The summed E-state index contributed by atoms with van der Waals surface area (Å²) < 4.78 is 5.68. The Hall–Kier alpha value is -1.00. The largest absolute Gasteiger partial charge is 0.377 e. The molecule has 0 radical (unpaired) electrons. The molecule has 0 aliphatic heterocycles. The SMILES string of the molecule is CCCNC(c1cncnc1)C(C)(CC)OC. The lowest BCUT2D eigenvalue weighted by atomic mass is 9.89. The summed E-state index contributed by atoms with van der Waals surface area (Å²) in [5, 5.41) is 3.52. The smallest absolute Gasteiger partial charge is 0.115 e. The van der Waals surface area contributed by atoms with E-state index in [0.717, 1.165) is 24.9 Å². The first-order valence-electron chi connectivity index (χ1n) is 6.21. The van der Waals surface area contributed by atoms with Crippen molar-refractivity contribution in [1.82, 2.24) is 15.3 Å². The Morgan fingerprint density at radius 2 is 2.00 bits per heavy atom. The topological polar surface area (TPSA) is 47.0 Å². The van der Waals surface area contributed by atoms with Gasteiger partial charge >= 0.3 is 0 Å². The quantitative estimate of drug-likeness (QED) is 0.790. The van der Waals surface area contributed by atoms with Crippen LogP contribution in [0.4, 0.5) is 0 Å². The van der Waals surface area contributed by atoms with E-state index in [1.807, 2.05) is 12.4 Å². The van der Waals surface area contributed by atoms with Crippen molar-refractivity contribution in [3.63, 3.8) is 0 Å². The van der Waals surface area contributed by atoms with Crippen molar-refractivity contribution in [2.75, 3.05) is 13.7 Å². The molecule has 0 aliphatic rings. The van der Waals surface area contributed by atoms with Gasteiger partial charge in [-0.1, -0.05) is 13.8 Å². The number of nitrogens with one attached hydrogen (secondary N) is 1. The van der Waals surface area contributed by atoms with E-state index in [9.17, 15) is 0 Å². The molecule has 4 nitrogen and oxygen atoms in total. The molecule has 0 saturated carbocycles. The van der Waals surface area contributed by atoms with Crippen LogP contribution >= 0.6 is 0 Å². The molecule has 1 aromatic rings. The normalized spacial score (nSPS) is 16.5. The summed E-state index contributed by atoms with van der Waals surface area (Å²) in [6.07, 6.45) is 7.28. The number of ether oxygens (including phenoxy) is 1. The highest BCUT2D eigenvalue weighted by atomic mass is 16.5. The maximum atomic E-state index is 5.68. The zero-order valence-corrected chi connectivity index (χ0v) is 11.2. The van der Waals surface area contributed by atoms with Crippen molar-refractivity contribution in [3.05, 3.63) is 24.3 Å². The third-order valence-corrected chi connectivity index (χ3v) is 3.29. The standard InChI is InChI=1S/C13H23N3O/c1-5-7-16-12(13(3,6-2)17-4)11-8-14-10-15-9-11/h8-10,12,16H,5-7H2,1-4H3. The van der Waals surface area contributed by atoms with Gasteiger partial charge in [0.25, 0.3) is 0 Å². The molecule has 1 N–H and O–H groups in total. The summed E-state index contributed by atoms with van der Waals surface area (Å²) in [4.78, 5) is 8.18. The van der Waals surface area contributed by atoms with Gasteiger partial charge in [0, 0.05) is 25.1 Å². The minimum atomic E-state index is -0.236. The molecule has 0 amide bonds. The predicted molar refractivity (Wildman–Crippen MR) is 68.8 cm³/mol. The van der Waals surface area contributed by atoms with Crippen molar-refractivity contribution in [3.8, 4) is 0 Å². The summed E-state index contributed by atoms with van der Waals surface area (Å²) in [5.41, 5.74) is 0.840. The lowest BCUT2D eigenvalue weighted by molar-refractivity contribution is -0.0301. The van der Waals surface area contributed by atoms with Crippen LogP contribution < -0.4 is 5.32 Å². The van der Waals surface area contributed by atoms with Gasteiger partial charge in [-0.25, -0.2) is 9.97 Å². The first-order chi connectivity index (χ1) is 8.18. The van der Waals surface area contributed by atoms with Crippen LogP contribution in [0.25, 0.3) is 0 Å². The molecule has 0 fully saturated rings. The van der Waals surface area contributed by atoms with Crippen LogP contribution in [-0.4, -0.2) is 29.2 Å². The van der Waals surface area contributed by atoms with Crippen molar-refractivity contribution in [2.45, 2.75) is 45.3 Å². The second-order valence-corrected chi connectivity index (χ2v) is 4.43. The van der Waals surface area contributed by atoms with Crippen molar-refractivity contribution >= 4 is 0 Å². The molecule has 1 rings (SSSR count). The Bertz CT molecular complexity index is 312. The average Bonchev–Trinajstić information content (AvgIpc) is 2.40. The highest BCUT2D eigenvalue weighted by Gasteiger charge is 2.33. The van der Waals surface area contributed by atoms with Crippen LogP contribution in [0, 0.1) is 0 Å². The lowest BCUT2D eigenvalue weighted by Gasteiger charge is -2.36. The summed E-state index contributed by atoms with van der Waals surface area (Å²) in [5.74, 6) is 0. The zero-order valence-electron chi connectivity index (χ0n) is 11.2. The Morgan fingerprint density at radius 3 is 2.47 bits per heavy atom. The monoisotopic (exact) mass is 237 g/mol. The Balaban J connectivity index is 2.95. The third kappa shape index (κ3) is 3.48. The lowest BCUT2D eigenvalue weighted by Crippen LogP contribution is -2.43. The molecular weight excluding hydrogens is 214 g/mol. The van der Waals surface area contributed by atoms with Gasteiger partial charge in [-0.05, 0) is 26.3 Å². The second-order valence-electron chi connectivity index (χ2n) is 4.43. The van der Waals surface area contributed by atoms with E-state index in [0.29, 0.717) is 0 Å². The molecule has 4 heteroatoms. The predicted octanol–water partition coefficient (Wildman–Crippen LogP) is 2.33. The molecule has 96 valence electrons. The number of hydrogen-bond acceptors (Lipinski definition) is 4. The van der Waals surface area contributed by atoms with Gasteiger partial charge in [0.15, 0.2) is 0 Å². The molecule has 0 aromatic carbocycles. The maximum absolute atomic E-state index is 5.68. The van der Waals surface area contributed by atoms with E-state index in [4.69, 9.17) is 4.74 Å². The van der Waals surface area contributed by atoms with Crippen LogP contribution in [0.1, 0.15) is 45.2 Å². The van der Waals surface area contributed by atoms with E-state index < -0.39 is 0 Å². The highest BCUT2D eigenvalue weighted by molar-refractivity contribution is 5.14. The fourth-order valence-electron chi connectivity index (χ4n) is 1.90. The number of nitrogens with zero attached hydrogens (tertiary/aromatic N) is 2. The molecule has 0 bridgehead atoms. The molecular formula is C13H23N3O. The van der Waals surface area contributed by atoms with Crippen LogP contribution in [0.5, 0.6) is 0 Å². The van der Waals surface area contributed by atoms with Crippen LogP contribution in [0.15, 0.2) is 18.7 Å². The first-order valence-corrected chi connectivity index (χ1v) is 6.21. The molecule has 0 spiro atoms. The Labute approximate surface area is 104 Å². The van der Waals surface area contributed by atoms with E-state index in [1.165, 1.54) is 0 Å². The van der Waals surface area contributed by atoms with Crippen LogP contribution in [-0.2, 0) is 4.74 Å². The molecule has 0 aliphatic carbocycles. The van der Waals surface area contributed by atoms with Gasteiger partial charge in [0.2, 0.25) is 0 Å². The minimum Gasteiger partial charge on any atom is -0.377 e. The van der Waals surface area contributed by atoms with Gasteiger partial charge in [0.1, 0.15) is 6.33 Å². The van der Waals surface area contributed by atoms with Crippen molar-refractivity contribution in [1.29, 1.82) is 0 Å². The maximum Gasteiger partial charge on any atom is 0.115 e. The molecule has 1 aromatic heterocycles. The number of rotatable bonds is 7. The van der Waals surface area contributed by atoms with Gasteiger partial charge in [-0.3, -0.25) is 0 Å². The number of hydrogen-bond donors (Lipinski definition) is 1. The van der Waals surface area contributed by atoms with Gasteiger partial charge in [0.05, 0.1) is 11.6 Å². The Kier molecular flexibility index (Phi) is 5.51. The fourth-order valence-corrected chi connectivity index (χ4v) is 1.90. The third-order valence-electron chi connectivity index (χ3n) is 3.29. The molecule has 17 heavy (non-hydrogen) atoms. The van der Waals surface area contributed by atoms with Crippen molar-refractivity contribution in [2.24, 2.45) is 0 Å². The van der Waals surface area contributed by atoms with Crippen LogP contribution in [0.2, 0.25) is 0 Å². The summed E-state index contributed by atoms with van der Waals surface area (Å²) >= 11 is 0. The Morgan fingerprint density at radius 1 is 1.35 bits per heavy atom. The van der Waals surface area contributed by atoms with Gasteiger partial charge in [-0.15, -0.1) is 0 Å². The van der Waals surface area contributed by atoms with Gasteiger partial charge in [-0.2, -0.15) is 0 Å². The fraction of sp³-hybridized carbons (Fsp3) is 0.692. The van der Waals surface area contributed by atoms with Gasteiger partial charge < -0.3 is 10.1 Å². The van der Waals surface area contributed by atoms with Crippen molar-refractivity contribution < 1.29 is 4.74 Å². The number of aromatic nitrogens is 2. The van der Waals surface area contributed by atoms with E-state index >= 15 is 0 Å². The molecule has 0 saturated heterocycles. The summed E-state index contributed by atoms with van der Waals surface area (Å²) in [6.45, 7) is 7.36. The summed E-state index contributed by atoms with van der Waals surface area (Å²) in [6, 6.07) is 0.124. The zero-order chi connectivity index (χ0) is 12.7. The van der Waals surface area contributed by atoms with Crippen LogP contribution in [0.3, 0.4) is 0 Å². The summed E-state index contributed by atoms with van der Waals surface area (Å²) in [7, 11) is 1.76.